The van der Waals surface area contributed by atoms with Crippen LogP contribution in [-0.4, -0.2) is 30.3 Å². The van der Waals surface area contributed by atoms with E-state index < -0.39 is 5.97 Å². The van der Waals surface area contributed by atoms with E-state index in [1.54, 1.807) is 19.2 Å². The van der Waals surface area contributed by atoms with Crippen molar-refractivity contribution in [2.24, 2.45) is 0 Å². The largest absolute Gasteiger partial charge is 0.496 e. The summed E-state index contributed by atoms with van der Waals surface area (Å²) in [5, 5.41) is 8.77. The molecule has 1 aromatic heterocycles. The molecule has 0 bridgehead atoms. The molecular weight excluding hydrogens is 210 g/mol. The molecule has 0 radical (unpaired) electrons. The van der Waals surface area contributed by atoms with Crippen LogP contribution in [0, 0.1) is 0 Å². The summed E-state index contributed by atoms with van der Waals surface area (Å²) in [5.41, 5.74) is 0.690. The molecule has 1 heterocycles. The van der Waals surface area contributed by atoms with Crippen LogP contribution in [0.5, 0.6) is 11.6 Å². The van der Waals surface area contributed by atoms with Crippen LogP contribution in [0.15, 0.2) is 12.3 Å². The molecule has 0 aliphatic carbocycles. The van der Waals surface area contributed by atoms with Crippen LogP contribution in [0.3, 0.4) is 0 Å². The lowest BCUT2D eigenvalue weighted by atomic mass is 9.98. The number of carboxylic acids is 1. The fourth-order valence-electron chi connectivity index (χ4n) is 1.60. The van der Waals surface area contributed by atoms with E-state index in [1.807, 2.05) is 0 Å². The van der Waals surface area contributed by atoms with Gasteiger partial charge in [-0.15, -0.1) is 0 Å². The normalized spacial score (nSPS) is 11.9. The van der Waals surface area contributed by atoms with Gasteiger partial charge in [-0.1, -0.05) is 6.92 Å². The Morgan fingerprint density at radius 2 is 2.19 bits per heavy atom. The molecule has 1 rings (SSSR count). The van der Waals surface area contributed by atoms with Crippen LogP contribution in [0.2, 0.25) is 0 Å². The zero-order valence-corrected chi connectivity index (χ0v) is 9.56. The highest BCUT2D eigenvalue weighted by Crippen LogP contribution is 2.34. The van der Waals surface area contributed by atoms with Crippen molar-refractivity contribution in [1.82, 2.24) is 4.98 Å². The van der Waals surface area contributed by atoms with Crippen LogP contribution >= 0.6 is 0 Å². The molecular formula is C11H15NO4. The monoisotopic (exact) mass is 225 g/mol. The van der Waals surface area contributed by atoms with Gasteiger partial charge >= 0.3 is 5.97 Å². The van der Waals surface area contributed by atoms with E-state index in [1.165, 1.54) is 14.2 Å². The molecule has 0 amide bonds. The molecule has 16 heavy (non-hydrogen) atoms. The summed E-state index contributed by atoms with van der Waals surface area (Å²) in [6.07, 6.45) is 1.58. The van der Waals surface area contributed by atoms with Gasteiger partial charge in [-0.25, -0.2) is 4.98 Å². The van der Waals surface area contributed by atoms with Gasteiger partial charge in [0.15, 0.2) is 0 Å². The Balaban J connectivity index is 3.12. The summed E-state index contributed by atoms with van der Waals surface area (Å²) in [5.74, 6) is -0.0646. The second-order valence-corrected chi connectivity index (χ2v) is 3.44. The van der Waals surface area contributed by atoms with Crippen molar-refractivity contribution in [2.75, 3.05) is 14.2 Å². The van der Waals surface area contributed by atoms with E-state index in [4.69, 9.17) is 14.6 Å². The maximum atomic E-state index is 10.7. The molecule has 0 fully saturated rings. The van der Waals surface area contributed by atoms with E-state index in [0.717, 1.165) is 0 Å². The van der Waals surface area contributed by atoms with Crippen molar-refractivity contribution in [2.45, 2.75) is 19.3 Å². The Hall–Kier alpha value is -1.78. The second kappa shape index (κ2) is 5.34. The lowest BCUT2D eigenvalue weighted by Gasteiger charge is -2.16. The number of aliphatic carboxylic acids is 1. The maximum absolute atomic E-state index is 10.7. The number of carboxylic acid groups (broad SMARTS) is 1. The van der Waals surface area contributed by atoms with E-state index >= 15 is 0 Å². The van der Waals surface area contributed by atoms with Crippen LogP contribution in [0.25, 0.3) is 0 Å². The van der Waals surface area contributed by atoms with Gasteiger partial charge in [0.2, 0.25) is 5.88 Å². The summed E-state index contributed by atoms with van der Waals surface area (Å²) in [7, 11) is 3.03. The molecule has 0 aromatic carbocycles. The molecule has 5 nitrogen and oxygen atoms in total. The van der Waals surface area contributed by atoms with Crippen molar-refractivity contribution in [3.63, 3.8) is 0 Å². The lowest BCUT2D eigenvalue weighted by Crippen LogP contribution is -2.07. The van der Waals surface area contributed by atoms with Crippen LogP contribution in [0.4, 0.5) is 0 Å². The Kier molecular flexibility index (Phi) is 4.10. The first-order chi connectivity index (χ1) is 7.60. The molecule has 0 saturated carbocycles. The fourth-order valence-corrected chi connectivity index (χ4v) is 1.60. The third-order valence-corrected chi connectivity index (χ3v) is 2.30. The number of carbonyl (C=O) groups is 1. The molecule has 1 unspecified atom stereocenters. The number of rotatable bonds is 5. The SMILES string of the molecule is COc1ccnc(OC)c1C(C)CC(=O)O. The van der Waals surface area contributed by atoms with E-state index in [2.05, 4.69) is 4.98 Å². The first-order valence-corrected chi connectivity index (χ1v) is 4.88. The van der Waals surface area contributed by atoms with Crippen molar-refractivity contribution in [3.05, 3.63) is 17.8 Å². The minimum atomic E-state index is -0.861. The molecule has 0 saturated heterocycles. The Morgan fingerprint density at radius 3 is 2.69 bits per heavy atom. The highest BCUT2D eigenvalue weighted by atomic mass is 16.5. The van der Waals surface area contributed by atoms with Crippen LogP contribution < -0.4 is 9.47 Å². The van der Waals surface area contributed by atoms with Crippen molar-refractivity contribution >= 4 is 5.97 Å². The second-order valence-electron chi connectivity index (χ2n) is 3.44. The van der Waals surface area contributed by atoms with Gasteiger partial charge < -0.3 is 14.6 Å². The summed E-state index contributed by atoms with van der Waals surface area (Å²) in [4.78, 5) is 14.7. The predicted octanol–water partition coefficient (Wildman–Crippen LogP) is 1.68. The minimum absolute atomic E-state index is 0.0123. The summed E-state index contributed by atoms with van der Waals surface area (Å²) >= 11 is 0. The third kappa shape index (κ3) is 2.62. The number of hydrogen-bond donors (Lipinski definition) is 1. The van der Waals surface area contributed by atoms with E-state index in [0.29, 0.717) is 17.2 Å². The number of hydrogen-bond acceptors (Lipinski definition) is 4. The number of aromatic nitrogens is 1. The topological polar surface area (TPSA) is 68.7 Å². The Morgan fingerprint density at radius 1 is 1.50 bits per heavy atom. The Labute approximate surface area is 94.0 Å². The number of nitrogens with zero attached hydrogens (tertiary/aromatic N) is 1. The molecule has 1 N–H and O–H groups in total. The molecule has 0 aliphatic heterocycles. The highest BCUT2D eigenvalue weighted by Gasteiger charge is 2.20. The third-order valence-electron chi connectivity index (χ3n) is 2.30. The predicted molar refractivity (Wildman–Crippen MR) is 58.0 cm³/mol. The average molecular weight is 225 g/mol. The molecule has 88 valence electrons. The van der Waals surface area contributed by atoms with Gasteiger partial charge in [0.05, 0.1) is 26.2 Å². The standard InChI is InChI=1S/C11H15NO4/c1-7(6-9(13)14)10-8(15-2)4-5-12-11(10)16-3/h4-5,7H,6H2,1-3H3,(H,13,14). The van der Waals surface area contributed by atoms with Gasteiger partial charge in [0.25, 0.3) is 0 Å². The molecule has 0 spiro atoms. The minimum Gasteiger partial charge on any atom is -0.496 e. The lowest BCUT2D eigenvalue weighted by molar-refractivity contribution is -0.137. The van der Waals surface area contributed by atoms with Gasteiger partial charge in [0, 0.05) is 12.1 Å². The maximum Gasteiger partial charge on any atom is 0.303 e. The first kappa shape index (κ1) is 12.3. The molecule has 5 heteroatoms. The quantitative estimate of drug-likeness (QED) is 0.825. The zero-order valence-electron chi connectivity index (χ0n) is 9.56. The Bertz CT molecular complexity index is 356. The molecule has 1 aromatic rings. The number of ether oxygens (including phenoxy) is 2. The fraction of sp³-hybridized carbons (Fsp3) is 0.455. The smallest absolute Gasteiger partial charge is 0.303 e. The molecule has 1 atom stereocenters. The van der Waals surface area contributed by atoms with Crippen molar-refractivity contribution in [3.8, 4) is 11.6 Å². The van der Waals surface area contributed by atoms with E-state index in [-0.39, 0.29) is 12.3 Å². The van der Waals surface area contributed by atoms with Gasteiger partial charge in [-0.3, -0.25) is 4.79 Å². The van der Waals surface area contributed by atoms with Gasteiger partial charge in [-0.05, 0) is 6.07 Å². The van der Waals surface area contributed by atoms with E-state index in [9.17, 15) is 4.79 Å². The van der Waals surface area contributed by atoms with Gasteiger partial charge in [-0.2, -0.15) is 0 Å². The summed E-state index contributed by atoms with van der Waals surface area (Å²) in [6.45, 7) is 1.80. The average Bonchev–Trinajstić information content (AvgIpc) is 2.26. The van der Waals surface area contributed by atoms with Crippen LogP contribution in [-0.2, 0) is 4.79 Å². The zero-order chi connectivity index (χ0) is 12.1. The molecule has 0 aliphatic rings. The number of methoxy groups -OCH3 is 2. The van der Waals surface area contributed by atoms with Crippen LogP contribution in [0.1, 0.15) is 24.8 Å². The summed E-state index contributed by atoms with van der Waals surface area (Å²) < 4.78 is 10.3. The van der Waals surface area contributed by atoms with Gasteiger partial charge in [0.1, 0.15) is 5.75 Å². The van der Waals surface area contributed by atoms with Crippen molar-refractivity contribution in [1.29, 1.82) is 0 Å². The first-order valence-electron chi connectivity index (χ1n) is 4.88. The highest BCUT2D eigenvalue weighted by molar-refractivity contribution is 5.68. The number of pyridine rings is 1. The summed E-state index contributed by atoms with van der Waals surface area (Å²) in [6, 6.07) is 1.69. The van der Waals surface area contributed by atoms with Crippen molar-refractivity contribution < 1.29 is 19.4 Å².